The van der Waals surface area contributed by atoms with E-state index in [1.165, 1.54) is 0 Å². The molecule has 0 aliphatic carbocycles. The van der Waals surface area contributed by atoms with E-state index in [0.29, 0.717) is 13.1 Å². The summed E-state index contributed by atoms with van der Waals surface area (Å²) in [4.78, 5) is 28.5. The minimum Gasteiger partial charge on any atom is -0.368 e. The maximum Gasteiger partial charge on any atom is 0.242 e. The molecule has 2 amide bonds. The van der Waals surface area contributed by atoms with Crippen LogP contribution in [0.15, 0.2) is 24.3 Å². The van der Waals surface area contributed by atoms with Crippen molar-refractivity contribution in [3.8, 4) is 0 Å². The predicted octanol–water partition coefficient (Wildman–Crippen LogP) is 1.53. The molecule has 8 heteroatoms. The molecule has 3 rings (SSSR count). The molecular formula is C18H26Cl2N4O2. The van der Waals surface area contributed by atoms with Crippen LogP contribution < -0.4 is 15.5 Å². The van der Waals surface area contributed by atoms with Crippen molar-refractivity contribution in [1.29, 1.82) is 0 Å². The molecule has 6 nitrogen and oxygen atoms in total. The quantitative estimate of drug-likeness (QED) is 0.803. The summed E-state index contributed by atoms with van der Waals surface area (Å²) in [5, 5.41) is 6.78. The Hall–Kier alpha value is -1.50. The molecule has 0 atom stereocenters. The lowest BCUT2D eigenvalue weighted by molar-refractivity contribution is -0.134. The topological polar surface area (TPSA) is 64.7 Å². The fourth-order valence-corrected chi connectivity index (χ4v) is 3.49. The lowest BCUT2D eigenvalue weighted by Crippen LogP contribution is -2.51. The van der Waals surface area contributed by atoms with E-state index < -0.39 is 0 Å². The van der Waals surface area contributed by atoms with Crippen molar-refractivity contribution in [1.82, 2.24) is 15.5 Å². The summed E-state index contributed by atoms with van der Waals surface area (Å²) < 4.78 is 0. The molecule has 2 saturated heterocycles. The van der Waals surface area contributed by atoms with Crippen LogP contribution in [0.4, 0.5) is 5.69 Å². The van der Waals surface area contributed by atoms with E-state index in [2.05, 4.69) is 15.5 Å². The van der Waals surface area contributed by atoms with E-state index in [4.69, 9.17) is 11.6 Å². The third kappa shape index (κ3) is 5.50. The van der Waals surface area contributed by atoms with Gasteiger partial charge in [0.05, 0.1) is 6.54 Å². The molecule has 0 saturated carbocycles. The summed E-state index contributed by atoms with van der Waals surface area (Å²) >= 11 is 5.92. The Morgan fingerprint density at radius 1 is 1.08 bits per heavy atom. The summed E-state index contributed by atoms with van der Waals surface area (Å²) in [6.45, 7) is 4.77. The number of hydrogen-bond donors (Lipinski definition) is 2. The number of carbonyl (C=O) groups is 2. The third-order valence-corrected chi connectivity index (χ3v) is 5.20. The van der Waals surface area contributed by atoms with Gasteiger partial charge < -0.3 is 20.4 Å². The number of amides is 2. The maximum atomic E-state index is 12.3. The molecule has 0 aromatic heterocycles. The largest absolute Gasteiger partial charge is 0.368 e. The second-order valence-electron chi connectivity index (χ2n) is 6.59. The summed E-state index contributed by atoms with van der Waals surface area (Å²) in [7, 11) is 0. The molecule has 26 heavy (non-hydrogen) atoms. The average molecular weight is 401 g/mol. The Morgan fingerprint density at radius 3 is 2.31 bits per heavy atom. The van der Waals surface area contributed by atoms with Crippen molar-refractivity contribution in [2.45, 2.75) is 12.8 Å². The lowest BCUT2D eigenvalue weighted by Gasteiger charge is -2.36. The Morgan fingerprint density at radius 2 is 1.69 bits per heavy atom. The smallest absolute Gasteiger partial charge is 0.242 e. The van der Waals surface area contributed by atoms with Gasteiger partial charge in [0, 0.05) is 42.8 Å². The monoisotopic (exact) mass is 400 g/mol. The first kappa shape index (κ1) is 20.8. The summed E-state index contributed by atoms with van der Waals surface area (Å²) in [6, 6.07) is 7.76. The van der Waals surface area contributed by atoms with Gasteiger partial charge >= 0.3 is 0 Å². The van der Waals surface area contributed by atoms with Crippen LogP contribution in [0.1, 0.15) is 12.8 Å². The predicted molar refractivity (Wildman–Crippen MR) is 106 cm³/mol. The lowest BCUT2D eigenvalue weighted by atomic mass is 9.97. The van der Waals surface area contributed by atoms with Crippen LogP contribution in [0, 0.1) is 5.92 Å². The van der Waals surface area contributed by atoms with Crippen LogP contribution in [0.2, 0.25) is 5.02 Å². The maximum absolute atomic E-state index is 12.3. The number of nitrogens with zero attached hydrogens (tertiary/aromatic N) is 2. The van der Waals surface area contributed by atoms with Gasteiger partial charge in [0.1, 0.15) is 0 Å². The van der Waals surface area contributed by atoms with Crippen molar-refractivity contribution < 1.29 is 9.59 Å². The van der Waals surface area contributed by atoms with Crippen molar-refractivity contribution in [2.24, 2.45) is 5.92 Å². The summed E-state index contributed by atoms with van der Waals surface area (Å²) in [5.74, 6) is 0.0449. The highest BCUT2D eigenvalue weighted by Gasteiger charge is 2.24. The summed E-state index contributed by atoms with van der Waals surface area (Å²) in [6.07, 6.45) is 1.69. The minimum absolute atomic E-state index is 0. The standard InChI is InChI=1S/C18H25ClN4O2.ClH/c19-15-1-3-16(4-2-15)22-9-11-23(12-10-22)17(24)13-21-18(25)14-5-7-20-8-6-14;/h1-4,14,20H,5-13H2,(H,21,25);1H. The van der Waals surface area contributed by atoms with Gasteiger partial charge in [0.25, 0.3) is 0 Å². The summed E-state index contributed by atoms with van der Waals surface area (Å²) in [5.41, 5.74) is 1.12. The second kappa shape index (κ2) is 10.00. The van der Waals surface area contributed by atoms with Crippen molar-refractivity contribution >= 4 is 41.5 Å². The molecule has 144 valence electrons. The molecule has 2 aliphatic heterocycles. The number of piperidine rings is 1. The van der Waals surface area contributed by atoms with E-state index in [0.717, 1.165) is 49.7 Å². The van der Waals surface area contributed by atoms with Gasteiger partial charge in [-0.1, -0.05) is 11.6 Å². The fourth-order valence-electron chi connectivity index (χ4n) is 3.37. The van der Waals surface area contributed by atoms with Gasteiger partial charge in [-0.05, 0) is 50.2 Å². The zero-order valence-corrected chi connectivity index (χ0v) is 16.3. The molecule has 2 N–H and O–H groups in total. The Labute approximate surface area is 165 Å². The van der Waals surface area contributed by atoms with E-state index in [1.807, 2.05) is 29.2 Å². The number of halogens is 2. The number of rotatable bonds is 4. The first-order valence-corrected chi connectivity index (χ1v) is 9.28. The van der Waals surface area contributed by atoms with Gasteiger partial charge in [0.2, 0.25) is 11.8 Å². The van der Waals surface area contributed by atoms with E-state index in [9.17, 15) is 9.59 Å². The van der Waals surface area contributed by atoms with Crippen LogP contribution in [0.3, 0.4) is 0 Å². The molecule has 0 bridgehead atoms. The molecule has 0 radical (unpaired) electrons. The van der Waals surface area contributed by atoms with Gasteiger partial charge in [-0.15, -0.1) is 12.4 Å². The second-order valence-corrected chi connectivity index (χ2v) is 7.02. The fraction of sp³-hybridized carbons (Fsp3) is 0.556. The molecule has 0 unspecified atom stereocenters. The number of anilines is 1. The highest BCUT2D eigenvalue weighted by atomic mass is 35.5. The molecule has 1 aromatic carbocycles. The number of piperazine rings is 1. The third-order valence-electron chi connectivity index (χ3n) is 4.95. The van der Waals surface area contributed by atoms with Crippen LogP contribution in [0.5, 0.6) is 0 Å². The van der Waals surface area contributed by atoms with Crippen molar-refractivity contribution in [3.05, 3.63) is 29.3 Å². The first-order valence-electron chi connectivity index (χ1n) is 8.90. The van der Waals surface area contributed by atoms with E-state index in [1.54, 1.807) is 0 Å². The van der Waals surface area contributed by atoms with Crippen molar-refractivity contribution in [3.63, 3.8) is 0 Å². The Kier molecular flexibility index (Phi) is 8.00. The van der Waals surface area contributed by atoms with Crippen molar-refractivity contribution in [2.75, 3.05) is 50.7 Å². The Balaban J connectivity index is 0.00000243. The molecule has 2 heterocycles. The average Bonchev–Trinajstić information content (AvgIpc) is 2.67. The first-order chi connectivity index (χ1) is 12.1. The van der Waals surface area contributed by atoms with Crippen LogP contribution in [0.25, 0.3) is 0 Å². The van der Waals surface area contributed by atoms with Crippen LogP contribution in [-0.4, -0.2) is 62.5 Å². The number of nitrogens with one attached hydrogen (secondary N) is 2. The highest BCUT2D eigenvalue weighted by Crippen LogP contribution is 2.19. The van der Waals surface area contributed by atoms with E-state index >= 15 is 0 Å². The highest BCUT2D eigenvalue weighted by molar-refractivity contribution is 6.30. The molecule has 1 aromatic rings. The van der Waals surface area contributed by atoms with Gasteiger partial charge in [0.15, 0.2) is 0 Å². The SMILES string of the molecule is Cl.O=C(NCC(=O)N1CCN(c2ccc(Cl)cc2)CC1)C1CCNCC1. The molecule has 2 aliphatic rings. The number of carbonyl (C=O) groups excluding carboxylic acids is 2. The number of benzene rings is 1. The molecule has 0 spiro atoms. The molecular weight excluding hydrogens is 375 g/mol. The Bertz CT molecular complexity index is 598. The van der Waals surface area contributed by atoms with Crippen LogP contribution >= 0.6 is 24.0 Å². The van der Waals surface area contributed by atoms with E-state index in [-0.39, 0.29) is 36.7 Å². The van der Waals surface area contributed by atoms with Gasteiger partial charge in [-0.3, -0.25) is 9.59 Å². The normalized spacial score (nSPS) is 18.2. The van der Waals surface area contributed by atoms with Crippen LogP contribution in [-0.2, 0) is 9.59 Å². The number of hydrogen-bond acceptors (Lipinski definition) is 4. The van der Waals surface area contributed by atoms with Gasteiger partial charge in [-0.2, -0.15) is 0 Å². The minimum atomic E-state index is -0.00181. The zero-order chi connectivity index (χ0) is 17.6. The van der Waals surface area contributed by atoms with Gasteiger partial charge in [-0.25, -0.2) is 0 Å². The molecule has 2 fully saturated rings. The zero-order valence-electron chi connectivity index (χ0n) is 14.7.